The molecule has 0 amide bonds. The average Bonchev–Trinajstić information content (AvgIpc) is 3.15. The number of carboxylic acids is 1. The maximum absolute atomic E-state index is 10.8. The minimum atomic E-state index is -0.921. The molecule has 112 valence electrons. The Kier molecular flexibility index (Phi) is 4.17. The zero-order valence-electron chi connectivity index (χ0n) is 11.1. The number of aromatic nitrogens is 3. The standard InChI is InChI=1S/C14H10ClN3O3S/c15-9-3-5-10(6-4-9)18-13(11-2-1-7-21-11)16-17-14(18)22-8-12(19)20/h1-7H,8H2,(H,19,20). The van der Waals surface area contributed by atoms with Gasteiger partial charge in [-0.3, -0.25) is 9.36 Å². The number of hydrogen-bond acceptors (Lipinski definition) is 5. The van der Waals surface area contributed by atoms with Crippen molar-refractivity contribution in [3.05, 3.63) is 47.7 Å². The van der Waals surface area contributed by atoms with Crippen molar-refractivity contribution in [2.24, 2.45) is 0 Å². The summed E-state index contributed by atoms with van der Waals surface area (Å²) in [4.78, 5) is 10.8. The first-order valence-corrected chi connectivity index (χ1v) is 7.61. The van der Waals surface area contributed by atoms with Gasteiger partial charge in [0.2, 0.25) is 5.82 Å². The van der Waals surface area contributed by atoms with Crippen LogP contribution in [0.1, 0.15) is 0 Å². The van der Waals surface area contributed by atoms with Crippen molar-refractivity contribution in [1.82, 2.24) is 14.8 Å². The van der Waals surface area contributed by atoms with Gasteiger partial charge in [0.05, 0.1) is 12.0 Å². The van der Waals surface area contributed by atoms with Gasteiger partial charge in [-0.2, -0.15) is 0 Å². The molecule has 22 heavy (non-hydrogen) atoms. The number of hydrogen-bond donors (Lipinski definition) is 1. The van der Waals surface area contributed by atoms with E-state index in [2.05, 4.69) is 10.2 Å². The molecular formula is C14H10ClN3O3S. The van der Waals surface area contributed by atoms with Gasteiger partial charge in [-0.15, -0.1) is 10.2 Å². The minimum absolute atomic E-state index is 0.107. The molecule has 3 rings (SSSR count). The fraction of sp³-hybridized carbons (Fsp3) is 0.0714. The molecule has 0 fully saturated rings. The van der Waals surface area contributed by atoms with Crippen molar-refractivity contribution in [2.75, 3.05) is 5.75 Å². The van der Waals surface area contributed by atoms with E-state index in [1.807, 2.05) is 12.1 Å². The van der Waals surface area contributed by atoms with Crippen LogP contribution >= 0.6 is 23.4 Å². The second-order valence-electron chi connectivity index (χ2n) is 4.28. The molecule has 1 N–H and O–H groups in total. The number of halogens is 1. The third-order valence-corrected chi connectivity index (χ3v) is 3.95. The summed E-state index contributed by atoms with van der Waals surface area (Å²) in [5.41, 5.74) is 0.772. The highest BCUT2D eigenvalue weighted by molar-refractivity contribution is 7.99. The third-order valence-electron chi connectivity index (χ3n) is 2.78. The van der Waals surface area contributed by atoms with Gasteiger partial charge < -0.3 is 9.52 Å². The normalized spacial score (nSPS) is 10.8. The summed E-state index contributed by atoms with van der Waals surface area (Å²) in [6, 6.07) is 10.6. The van der Waals surface area contributed by atoms with Crippen molar-refractivity contribution in [1.29, 1.82) is 0 Å². The number of rotatable bonds is 5. The molecule has 1 aromatic carbocycles. The van der Waals surface area contributed by atoms with Crippen LogP contribution in [0.3, 0.4) is 0 Å². The first-order valence-electron chi connectivity index (χ1n) is 6.25. The summed E-state index contributed by atoms with van der Waals surface area (Å²) in [6.07, 6.45) is 1.54. The lowest BCUT2D eigenvalue weighted by Gasteiger charge is -2.08. The minimum Gasteiger partial charge on any atom is -0.481 e. The van der Waals surface area contributed by atoms with Crippen molar-refractivity contribution < 1.29 is 14.3 Å². The van der Waals surface area contributed by atoms with E-state index in [0.29, 0.717) is 21.8 Å². The van der Waals surface area contributed by atoms with Crippen LogP contribution in [0.4, 0.5) is 0 Å². The largest absolute Gasteiger partial charge is 0.481 e. The lowest BCUT2D eigenvalue weighted by atomic mass is 10.3. The molecule has 0 spiro atoms. The molecule has 0 aliphatic rings. The molecule has 0 saturated heterocycles. The quantitative estimate of drug-likeness (QED) is 0.720. The Morgan fingerprint density at radius 2 is 2.05 bits per heavy atom. The van der Waals surface area contributed by atoms with Gasteiger partial charge in [-0.05, 0) is 36.4 Å². The SMILES string of the molecule is O=C(O)CSc1nnc(-c2ccco2)n1-c1ccc(Cl)cc1. The Labute approximate surface area is 134 Å². The predicted octanol–water partition coefficient (Wildman–Crippen LogP) is 3.36. The van der Waals surface area contributed by atoms with Crippen molar-refractivity contribution >= 4 is 29.3 Å². The fourth-order valence-electron chi connectivity index (χ4n) is 1.88. The van der Waals surface area contributed by atoms with E-state index in [4.69, 9.17) is 21.1 Å². The summed E-state index contributed by atoms with van der Waals surface area (Å²) in [6.45, 7) is 0. The highest BCUT2D eigenvalue weighted by Gasteiger charge is 2.18. The van der Waals surface area contributed by atoms with Gasteiger partial charge in [0.1, 0.15) is 0 Å². The van der Waals surface area contributed by atoms with E-state index in [-0.39, 0.29) is 5.75 Å². The molecule has 6 nitrogen and oxygen atoms in total. The molecule has 0 radical (unpaired) electrons. The number of carbonyl (C=O) groups is 1. The summed E-state index contributed by atoms with van der Waals surface area (Å²) in [7, 11) is 0. The Balaban J connectivity index is 2.08. The summed E-state index contributed by atoms with van der Waals surface area (Å²) < 4.78 is 7.11. The van der Waals surface area contributed by atoms with Crippen LogP contribution in [0.5, 0.6) is 0 Å². The Morgan fingerprint density at radius 1 is 1.27 bits per heavy atom. The van der Waals surface area contributed by atoms with Gasteiger partial charge in [-0.25, -0.2) is 0 Å². The van der Waals surface area contributed by atoms with E-state index in [9.17, 15) is 4.79 Å². The number of thioether (sulfide) groups is 1. The Hall–Kier alpha value is -2.25. The molecule has 0 unspecified atom stereocenters. The van der Waals surface area contributed by atoms with Crippen LogP contribution in [0, 0.1) is 0 Å². The molecule has 0 atom stereocenters. The van der Waals surface area contributed by atoms with Gasteiger partial charge in [0.15, 0.2) is 10.9 Å². The van der Waals surface area contributed by atoms with E-state index in [0.717, 1.165) is 17.4 Å². The van der Waals surface area contributed by atoms with Crippen LogP contribution in [0.25, 0.3) is 17.3 Å². The predicted molar refractivity (Wildman–Crippen MR) is 82.4 cm³/mol. The van der Waals surface area contributed by atoms with Crippen LogP contribution < -0.4 is 0 Å². The molecule has 0 bridgehead atoms. The van der Waals surface area contributed by atoms with Crippen molar-refractivity contribution in [3.8, 4) is 17.3 Å². The zero-order valence-corrected chi connectivity index (χ0v) is 12.7. The Morgan fingerprint density at radius 3 is 2.68 bits per heavy atom. The number of carboxylic acid groups (broad SMARTS) is 1. The van der Waals surface area contributed by atoms with E-state index in [1.165, 1.54) is 0 Å². The number of nitrogens with zero attached hydrogens (tertiary/aromatic N) is 3. The van der Waals surface area contributed by atoms with Crippen LogP contribution in [-0.2, 0) is 4.79 Å². The van der Waals surface area contributed by atoms with Gasteiger partial charge in [-0.1, -0.05) is 23.4 Å². The monoisotopic (exact) mass is 335 g/mol. The van der Waals surface area contributed by atoms with Crippen LogP contribution in [0.2, 0.25) is 5.02 Å². The topological polar surface area (TPSA) is 81.2 Å². The molecule has 3 aromatic rings. The zero-order chi connectivity index (χ0) is 15.5. The van der Waals surface area contributed by atoms with Crippen molar-refractivity contribution in [3.63, 3.8) is 0 Å². The number of aliphatic carboxylic acids is 1. The van der Waals surface area contributed by atoms with Gasteiger partial charge in [0, 0.05) is 10.7 Å². The maximum Gasteiger partial charge on any atom is 0.313 e. The second kappa shape index (κ2) is 6.25. The molecule has 0 aliphatic carbocycles. The highest BCUT2D eigenvalue weighted by atomic mass is 35.5. The molecule has 8 heteroatoms. The number of furan rings is 1. The first kappa shape index (κ1) is 14.7. The smallest absolute Gasteiger partial charge is 0.313 e. The molecule has 0 saturated carbocycles. The third kappa shape index (κ3) is 3.00. The Bertz CT molecular complexity index is 784. The van der Waals surface area contributed by atoms with Crippen LogP contribution in [0.15, 0.2) is 52.2 Å². The van der Waals surface area contributed by atoms with Crippen LogP contribution in [-0.4, -0.2) is 31.6 Å². The molecule has 0 aliphatic heterocycles. The van der Waals surface area contributed by atoms with E-state index >= 15 is 0 Å². The maximum atomic E-state index is 10.8. The molecule has 2 heterocycles. The van der Waals surface area contributed by atoms with Crippen molar-refractivity contribution in [2.45, 2.75) is 5.16 Å². The highest BCUT2D eigenvalue weighted by Crippen LogP contribution is 2.28. The fourth-order valence-corrected chi connectivity index (χ4v) is 2.68. The molecule has 2 aromatic heterocycles. The van der Waals surface area contributed by atoms with E-state index < -0.39 is 5.97 Å². The first-order chi connectivity index (χ1) is 10.6. The second-order valence-corrected chi connectivity index (χ2v) is 5.66. The lowest BCUT2D eigenvalue weighted by molar-refractivity contribution is -0.133. The summed E-state index contributed by atoms with van der Waals surface area (Å²) in [5, 5.41) is 18.1. The van der Waals surface area contributed by atoms with E-state index in [1.54, 1.807) is 35.1 Å². The average molecular weight is 336 g/mol. The lowest BCUT2D eigenvalue weighted by Crippen LogP contribution is -2.02. The molecular weight excluding hydrogens is 326 g/mol. The van der Waals surface area contributed by atoms with Gasteiger partial charge in [0.25, 0.3) is 0 Å². The number of benzene rings is 1. The van der Waals surface area contributed by atoms with Gasteiger partial charge >= 0.3 is 5.97 Å². The summed E-state index contributed by atoms with van der Waals surface area (Å²) >= 11 is 7.00. The summed E-state index contributed by atoms with van der Waals surface area (Å²) in [5.74, 6) is 0.0178.